The molecule has 0 fully saturated rings. The van der Waals surface area contributed by atoms with Crippen molar-refractivity contribution >= 4 is 22.6 Å². The maximum absolute atomic E-state index is 12.7. The first-order chi connectivity index (χ1) is 12.2. The summed E-state index contributed by atoms with van der Waals surface area (Å²) in [6, 6.07) is 12.5. The third-order valence-electron chi connectivity index (χ3n) is 3.84. The molecule has 0 saturated heterocycles. The van der Waals surface area contributed by atoms with E-state index in [0.717, 1.165) is 5.56 Å². The number of rotatable bonds is 4. The molecule has 0 aliphatic rings. The van der Waals surface area contributed by atoms with Crippen LogP contribution in [0.1, 0.15) is 15.9 Å². The topological polar surface area (TPSA) is 108 Å². The third kappa shape index (κ3) is 3.05. The van der Waals surface area contributed by atoms with Crippen LogP contribution in [0.4, 0.5) is 5.69 Å². The van der Waals surface area contributed by atoms with Gasteiger partial charge in [-0.1, -0.05) is 23.4 Å². The van der Waals surface area contributed by atoms with Crippen LogP contribution in [-0.2, 0) is 6.54 Å². The zero-order valence-corrected chi connectivity index (χ0v) is 13.1. The van der Waals surface area contributed by atoms with Crippen LogP contribution in [0.25, 0.3) is 11.0 Å². The van der Waals surface area contributed by atoms with Gasteiger partial charge in [0.25, 0.3) is 5.91 Å². The summed E-state index contributed by atoms with van der Waals surface area (Å²) >= 11 is 0. The van der Waals surface area contributed by atoms with E-state index in [1.54, 1.807) is 41.3 Å². The lowest BCUT2D eigenvalue weighted by Crippen LogP contribution is -2.15. The van der Waals surface area contributed by atoms with Crippen molar-refractivity contribution in [2.75, 3.05) is 5.32 Å². The van der Waals surface area contributed by atoms with Gasteiger partial charge in [0.1, 0.15) is 0 Å². The van der Waals surface area contributed by atoms with E-state index in [1.807, 2.05) is 18.2 Å². The maximum Gasteiger partial charge on any atom is 0.323 e. The minimum absolute atomic E-state index is 0.229. The SMILES string of the molecule is O=C(Nc1ccc2[nH]c(=O)[nH]c2c1)c1ccccc1Cn1ccnn1. The molecule has 124 valence electrons. The quantitative estimate of drug-likeness (QED) is 0.528. The summed E-state index contributed by atoms with van der Waals surface area (Å²) in [7, 11) is 0. The third-order valence-corrected chi connectivity index (χ3v) is 3.84. The minimum Gasteiger partial charge on any atom is -0.322 e. The smallest absolute Gasteiger partial charge is 0.322 e. The number of fused-ring (bicyclic) bond motifs is 1. The number of carbonyl (C=O) groups excluding carboxylic acids is 1. The Morgan fingerprint density at radius 3 is 2.80 bits per heavy atom. The highest BCUT2D eigenvalue weighted by molar-refractivity contribution is 6.05. The van der Waals surface area contributed by atoms with Crippen molar-refractivity contribution in [2.45, 2.75) is 6.54 Å². The highest BCUT2D eigenvalue weighted by atomic mass is 16.2. The Morgan fingerprint density at radius 1 is 1.12 bits per heavy atom. The van der Waals surface area contributed by atoms with Gasteiger partial charge in [0.2, 0.25) is 0 Å². The number of hydrogen-bond donors (Lipinski definition) is 3. The van der Waals surface area contributed by atoms with Crippen molar-refractivity contribution in [3.05, 3.63) is 76.5 Å². The fourth-order valence-electron chi connectivity index (χ4n) is 2.68. The van der Waals surface area contributed by atoms with E-state index in [9.17, 15) is 9.59 Å². The van der Waals surface area contributed by atoms with Crippen molar-refractivity contribution in [3.63, 3.8) is 0 Å². The number of nitrogens with one attached hydrogen (secondary N) is 3. The van der Waals surface area contributed by atoms with Crippen LogP contribution < -0.4 is 11.0 Å². The van der Waals surface area contributed by atoms with Gasteiger partial charge < -0.3 is 15.3 Å². The number of nitrogens with zero attached hydrogens (tertiary/aromatic N) is 3. The second-order valence-electron chi connectivity index (χ2n) is 5.55. The molecular weight excluding hydrogens is 320 g/mol. The molecule has 2 heterocycles. The number of aromatic amines is 2. The molecule has 3 N–H and O–H groups in total. The molecule has 0 bridgehead atoms. The molecular formula is C17H14N6O2. The molecule has 25 heavy (non-hydrogen) atoms. The van der Waals surface area contributed by atoms with Gasteiger partial charge in [0, 0.05) is 17.4 Å². The lowest BCUT2D eigenvalue weighted by atomic mass is 10.1. The van der Waals surface area contributed by atoms with E-state index in [0.29, 0.717) is 28.8 Å². The summed E-state index contributed by atoms with van der Waals surface area (Å²) in [6.45, 7) is 0.452. The number of hydrogen-bond acceptors (Lipinski definition) is 4. The molecule has 0 radical (unpaired) electrons. The van der Waals surface area contributed by atoms with Gasteiger partial charge in [-0.15, -0.1) is 5.10 Å². The van der Waals surface area contributed by atoms with Crippen LogP contribution in [0.5, 0.6) is 0 Å². The van der Waals surface area contributed by atoms with Gasteiger partial charge in [0.05, 0.1) is 23.8 Å². The van der Waals surface area contributed by atoms with Crippen LogP contribution >= 0.6 is 0 Å². The summed E-state index contributed by atoms with van der Waals surface area (Å²) in [4.78, 5) is 29.3. The first-order valence-corrected chi connectivity index (χ1v) is 7.64. The van der Waals surface area contributed by atoms with Crippen molar-refractivity contribution in [2.24, 2.45) is 0 Å². The standard InChI is InChI=1S/C17H14N6O2/c24-16(19-12-5-6-14-15(9-12)21-17(25)20-14)13-4-2-1-3-11(13)10-23-8-7-18-22-23/h1-9H,10H2,(H,19,24)(H2,20,21,25). The molecule has 0 aliphatic carbocycles. The second kappa shape index (κ2) is 6.08. The van der Waals surface area contributed by atoms with Crippen molar-refractivity contribution < 1.29 is 4.79 Å². The molecule has 0 saturated carbocycles. The van der Waals surface area contributed by atoms with Crippen molar-refractivity contribution in [1.82, 2.24) is 25.0 Å². The first kappa shape index (κ1) is 14.9. The monoisotopic (exact) mass is 334 g/mol. The van der Waals surface area contributed by atoms with E-state index in [-0.39, 0.29) is 11.6 Å². The molecule has 0 atom stereocenters. The normalized spacial score (nSPS) is 10.9. The fraction of sp³-hybridized carbons (Fsp3) is 0.0588. The van der Waals surface area contributed by atoms with Gasteiger partial charge in [0.15, 0.2) is 0 Å². The molecule has 0 unspecified atom stereocenters. The number of amides is 1. The molecule has 1 amide bonds. The molecule has 2 aromatic heterocycles. The van der Waals surface area contributed by atoms with E-state index >= 15 is 0 Å². The fourth-order valence-corrected chi connectivity index (χ4v) is 2.68. The zero-order chi connectivity index (χ0) is 17.2. The highest BCUT2D eigenvalue weighted by Crippen LogP contribution is 2.17. The van der Waals surface area contributed by atoms with E-state index in [1.165, 1.54) is 0 Å². The molecule has 0 aliphatic heterocycles. The second-order valence-corrected chi connectivity index (χ2v) is 5.55. The lowest BCUT2D eigenvalue weighted by molar-refractivity contribution is 0.102. The van der Waals surface area contributed by atoms with E-state index in [4.69, 9.17) is 0 Å². The maximum atomic E-state index is 12.7. The summed E-state index contributed by atoms with van der Waals surface area (Å²) in [5, 5.41) is 10.6. The summed E-state index contributed by atoms with van der Waals surface area (Å²) in [5.74, 6) is -0.229. The molecule has 4 aromatic rings. The summed E-state index contributed by atoms with van der Waals surface area (Å²) in [6.07, 6.45) is 3.33. The first-order valence-electron chi connectivity index (χ1n) is 7.64. The Labute approximate surface area is 141 Å². The number of carbonyl (C=O) groups is 1. The number of imidazole rings is 1. The Bertz CT molecular complexity index is 1090. The molecule has 4 rings (SSSR count). The van der Waals surface area contributed by atoms with E-state index < -0.39 is 0 Å². The van der Waals surface area contributed by atoms with Gasteiger partial charge in [-0.3, -0.25) is 4.79 Å². The van der Waals surface area contributed by atoms with Gasteiger partial charge in [-0.25, -0.2) is 9.48 Å². The lowest BCUT2D eigenvalue weighted by Gasteiger charge is -2.10. The van der Waals surface area contributed by atoms with Crippen LogP contribution in [0.2, 0.25) is 0 Å². The highest BCUT2D eigenvalue weighted by Gasteiger charge is 2.12. The molecule has 2 aromatic carbocycles. The van der Waals surface area contributed by atoms with Crippen LogP contribution in [0, 0.1) is 0 Å². The van der Waals surface area contributed by atoms with Gasteiger partial charge >= 0.3 is 5.69 Å². The number of anilines is 1. The average Bonchev–Trinajstić information content (AvgIpc) is 3.23. The van der Waals surface area contributed by atoms with Crippen LogP contribution in [-0.4, -0.2) is 30.9 Å². The van der Waals surface area contributed by atoms with Crippen LogP contribution in [0.3, 0.4) is 0 Å². The Kier molecular flexibility index (Phi) is 3.62. The predicted octanol–water partition coefficient (Wildman–Crippen LogP) is 1.75. The summed E-state index contributed by atoms with van der Waals surface area (Å²) < 4.78 is 1.66. The van der Waals surface area contributed by atoms with Crippen molar-refractivity contribution in [3.8, 4) is 0 Å². The Morgan fingerprint density at radius 2 is 1.96 bits per heavy atom. The number of aromatic nitrogens is 5. The van der Waals surface area contributed by atoms with Gasteiger partial charge in [-0.05, 0) is 29.8 Å². The van der Waals surface area contributed by atoms with Crippen molar-refractivity contribution in [1.29, 1.82) is 0 Å². The molecule has 8 heteroatoms. The number of benzene rings is 2. The van der Waals surface area contributed by atoms with Gasteiger partial charge in [-0.2, -0.15) is 0 Å². The minimum atomic E-state index is -0.281. The average molecular weight is 334 g/mol. The Balaban J connectivity index is 1.60. The molecule has 8 nitrogen and oxygen atoms in total. The summed E-state index contributed by atoms with van der Waals surface area (Å²) in [5.41, 5.74) is 3.04. The number of H-pyrrole nitrogens is 2. The van der Waals surface area contributed by atoms with Crippen LogP contribution in [0.15, 0.2) is 59.7 Å². The van der Waals surface area contributed by atoms with E-state index in [2.05, 4.69) is 25.6 Å². The molecule has 0 spiro atoms. The zero-order valence-electron chi connectivity index (χ0n) is 13.1. The Hall–Kier alpha value is -3.68. The largest absolute Gasteiger partial charge is 0.323 e. The predicted molar refractivity (Wildman–Crippen MR) is 92.4 cm³/mol.